The van der Waals surface area contributed by atoms with Crippen LogP contribution in [0.15, 0.2) is 46.3 Å². The second-order valence-electron chi connectivity index (χ2n) is 16.6. The number of rotatable bonds is 7. The molecular weight excluding hydrogens is 664 g/mol. The molecule has 13 heteroatoms. The van der Waals surface area contributed by atoms with Crippen molar-refractivity contribution < 1.29 is 61.9 Å². The number of aliphatic hydroxyl groups is 1. The molecule has 3 aliphatic heterocycles. The Morgan fingerprint density at radius 2 is 1.84 bits per heavy atom. The molecular formula is C38H46O13. The van der Waals surface area contributed by atoms with E-state index in [0.717, 1.165) is 0 Å². The van der Waals surface area contributed by atoms with Crippen LogP contribution in [0.3, 0.4) is 0 Å². The molecule has 12 atom stereocenters. The van der Waals surface area contributed by atoms with E-state index < -0.39 is 98.6 Å². The minimum absolute atomic E-state index is 0.0377. The van der Waals surface area contributed by atoms with Crippen molar-refractivity contribution in [3.05, 3.63) is 47.5 Å². The third-order valence-corrected chi connectivity index (χ3v) is 14.3. The summed E-state index contributed by atoms with van der Waals surface area (Å²) >= 11 is 0. The topological polar surface area (TPSA) is 166 Å². The number of carbonyl (C=O) groups excluding carboxylic acids is 4. The van der Waals surface area contributed by atoms with Crippen molar-refractivity contribution in [1.29, 1.82) is 0 Å². The second-order valence-corrected chi connectivity index (χ2v) is 16.6. The smallest absolute Gasteiger partial charge is 0.333 e. The minimum Gasteiger partial charge on any atom is -0.472 e. The lowest BCUT2D eigenvalue weighted by atomic mass is 9.34. The molecule has 0 amide bonds. The highest BCUT2D eigenvalue weighted by Gasteiger charge is 3.03. The number of cyclic esters (lactones) is 1. The molecule has 8 rings (SSSR count). The van der Waals surface area contributed by atoms with Crippen molar-refractivity contribution >= 4 is 23.9 Å². The van der Waals surface area contributed by atoms with Crippen molar-refractivity contribution in [1.82, 2.24) is 0 Å². The lowest BCUT2D eigenvalue weighted by Crippen LogP contribution is -2.92. The summed E-state index contributed by atoms with van der Waals surface area (Å²) in [5.41, 5.74) is -9.46. The number of ether oxygens (including phenoxy) is 7. The Morgan fingerprint density at radius 1 is 1.12 bits per heavy atom. The molecule has 13 nitrogen and oxygen atoms in total. The molecule has 2 saturated heterocycles. The summed E-state index contributed by atoms with van der Waals surface area (Å²) in [6, 6.07) is 1.74. The summed E-state index contributed by atoms with van der Waals surface area (Å²) in [4.78, 5) is 54.6. The van der Waals surface area contributed by atoms with E-state index >= 15 is 0 Å². The number of fused-ring (bicyclic) bond motifs is 4. The molecule has 7 aliphatic rings. The van der Waals surface area contributed by atoms with E-state index in [0.29, 0.717) is 23.1 Å². The van der Waals surface area contributed by atoms with Crippen LogP contribution in [0.1, 0.15) is 92.7 Å². The molecule has 1 spiro atoms. The van der Waals surface area contributed by atoms with Gasteiger partial charge in [0.1, 0.15) is 23.4 Å². The maximum Gasteiger partial charge on any atom is 0.333 e. The van der Waals surface area contributed by atoms with Gasteiger partial charge in [-0.15, -0.1) is 0 Å². The molecule has 0 radical (unpaired) electrons. The summed E-state index contributed by atoms with van der Waals surface area (Å²) < 4.78 is 51.2. The lowest BCUT2D eigenvalue weighted by molar-refractivity contribution is -0.453. The van der Waals surface area contributed by atoms with E-state index in [9.17, 15) is 24.3 Å². The summed E-state index contributed by atoms with van der Waals surface area (Å²) in [5.74, 6) is -5.61. The fraction of sp³-hybridized carbons (Fsp3) is 0.684. The molecule has 276 valence electrons. The first-order chi connectivity index (χ1) is 23.8. The Morgan fingerprint density at radius 3 is 2.45 bits per heavy atom. The zero-order chi connectivity index (χ0) is 36.9. The quantitative estimate of drug-likeness (QED) is 0.241. The van der Waals surface area contributed by atoms with Crippen molar-refractivity contribution in [2.24, 2.45) is 28.1 Å². The Kier molecular flexibility index (Phi) is 6.86. The molecule has 4 unspecified atom stereocenters. The van der Waals surface area contributed by atoms with Crippen LogP contribution < -0.4 is 0 Å². The first-order valence-electron chi connectivity index (χ1n) is 17.7. The molecule has 4 saturated carbocycles. The van der Waals surface area contributed by atoms with E-state index in [1.807, 2.05) is 34.6 Å². The maximum absolute atomic E-state index is 13.8. The molecule has 4 bridgehead atoms. The van der Waals surface area contributed by atoms with Gasteiger partial charge in [0.05, 0.1) is 19.6 Å². The van der Waals surface area contributed by atoms with Gasteiger partial charge in [0, 0.05) is 52.7 Å². The first-order valence-corrected chi connectivity index (χ1v) is 17.7. The Labute approximate surface area is 295 Å². The van der Waals surface area contributed by atoms with Gasteiger partial charge in [-0.2, -0.15) is 0 Å². The highest BCUT2D eigenvalue weighted by molar-refractivity contribution is 5.88. The molecule has 1 aromatic rings. The van der Waals surface area contributed by atoms with E-state index in [2.05, 4.69) is 0 Å². The molecule has 51 heavy (non-hydrogen) atoms. The van der Waals surface area contributed by atoms with Crippen LogP contribution in [0, 0.1) is 28.1 Å². The Hall–Kier alpha value is -3.52. The SMILES string of the molecule is C/C=C(\C)C(=O)O[C@@H]1C2(OC(C)=O)[C@H]3OC4(C(C)C)OC35C3=CC(=O)O[C@@H](c6ccoc6)[C@]3(C)CCC5(O4)[C@]3(C)[C@@H](CC(=O)OC)[C@@]1(C)C[C@]23O. The third-order valence-electron chi connectivity index (χ3n) is 14.3. The second kappa shape index (κ2) is 10.1. The standard InChI is InChI=1S/C38H46O13/c1-10-20(4)28(42)47-29-32(7)18-34(43)33(8,23(32)15-25(40)44-9)35-13-12-31(6)24(16-26(41)46-27(31)22-11-14-45-17-22)36(35)30(37(29,34)48-21(5)39)49-38(50-35,51-36)19(2)3/h10-11,14,16-17,19,23,27,29-30,43H,12-13,15,18H2,1-9H3/b20-10+/t23-,27-,29-,30-,31+,32+,33+,34+,35?,36?,37?,38?/m0/s1. The Balaban J connectivity index is 1.48. The summed E-state index contributed by atoms with van der Waals surface area (Å²) in [6.07, 6.45) is 3.00. The van der Waals surface area contributed by atoms with Gasteiger partial charge in [0.25, 0.3) is 5.97 Å². The van der Waals surface area contributed by atoms with Crippen LogP contribution in [0.2, 0.25) is 0 Å². The van der Waals surface area contributed by atoms with Gasteiger partial charge in [-0.1, -0.05) is 40.7 Å². The predicted molar refractivity (Wildman–Crippen MR) is 173 cm³/mol. The number of esters is 4. The average molecular weight is 711 g/mol. The molecule has 4 aliphatic carbocycles. The summed E-state index contributed by atoms with van der Waals surface area (Å²) in [6.45, 7) is 13.9. The van der Waals surface area contributed by atoms with Crippen molar-refractivity contribution in [3.63, 3.8) is 0 Å². The first kappa shape index (κ1) is 34.6. The Bertz CT molecular complexity index is 1810. The van der Waals surface area contributed by atoms with E-state index in [1.54, 1.807) is 26.0 Å². The highest BCUT2D eigenvalue weighted by atomic mass is 17.0. The fourth-order valence-electron chi connectivity index (χ4n) is 12.1. The highest BCUT2D eigenvalue weighted by Crippen LogP contribution is 2.88. The molecule has 1 aromatic heterocycles. The summed E-state index contributed by atoms with van der Waals surface area (Å²) in [7, 11) is 1.29. The van der Waals surface area contributed by atoms with Crippen LogP contribution in [0.4, 0.5) is 0 Å². The number of allylic oxidation sites excluding steroid dienone is 1. The van der Waals surface area contributed by atoms with Gasteiger partial charge in [0.2, 0.25) is 5.60 Å². The largest absolute Gasteiger partial charge is 0.472 e. The van der Waals surface area contributed by atoms with Gasteiger partial charge in [-0.3, -0.25) is 9.59 Å². The number of furan rings is 1. The van der Waals surface area contributed by atoms with Crippen molar-refractivity contribution in [2.75, 3.05) is 7.11 Å². The van der Waals surface area contributed by atoms with Gasteiger partial charge in [0.15, 0.2) is 11.7 Å². The van der Waals surface area contributed by atoms with Crippen LogP contribution >= 0.6 is 0 Å². The number of hydrogen-bond donors (Lipinski definition) is 1. The monoisotopic (exact) mass is 710 g/mol. The average Bonchev–Trinajstić information content (AvgIpc) is 3.86. The molecule has 6 fully saturated rings. The lowest BCUT2D eigenvalue weighted by Gasteiger charge is -2.75. The van der Waals surface area contributed by atoms with E-state index in [1.165, 1.54) is 32.6 Å². The maximum atomic E-state index is 13.8. The normalized spacial score (nSPS) is 48.5. The number of methoxy groups -OCH3 is 1. The van der Waals surface area contributed by atoms with Crippen LogP contribution in [-0.2, 0) is 52.3 Å². The number of hydrogen-bond acceptors (Lipinski definition) is 13. The summed E-state index contributed by atoms with van der Waals surface area (Å²) in [5, 5.41) is 13.7. The van der Waals surface area contributed by atoms with Crippen LogP contribution in [-0.4, -0.2) is 76.7 Å². The van der Waals surface area contributed by atoms with Gasteiger partial charge in [-0.05, 0) is 50.7 Å². The number of carbonyl (C=O) groups is 4. The van der Waals surface area contributed by atoms with Crippen molar-refractivity contribution in [2.45, 2.75) is 128 Å². The van der Waals surface area contributed by atoms with Gasteiger partial charge in [-0.25, -0.2) is 9.59 Å². The van der Waals surface area contributed by atoms with Gasteiger partial charge >= 0.3 is 23.9 Å². The molecule has 4 heterocycles. The van der Waals surface area contributed by atoms with Crippen LogP contribution in [0.5, 0.6) is 0 Å². The molecule has 0 aromatic carbocycles. The van der Waals surface area contributed by atoms with E-state index in [4.69, 9.17) is 37.6 Å². The van der Waals surface area contributed by atoms with Crippen LogP contribution in [0.25, 0.3) is 0 Å². The van der Waals surface area contributed by atoms with Crippen molar-refractivity contribution in [3.8, 4) is 0 Å². The fourth-order valence-corrected chi connectivity index (χ4v) is 12.1. The third kappa shape index (κ3) is 3.48. The molecule has 1 N–H and O–H groups in total. The predicted octanol–water partition coefficient (Wildman–Crippen LogP) is 4.37. The zero-order valence-electron chi connectivity index (χ0n) is 30.4. The van der Waals surface area contributed by atoms with E-state index in [-0.39, 0.29) is 19.3 Å². The minimum atomic E-state index is -2.10. The zero-order valence-corrected chi connectivity index (χ0v) is 30.4. The van der Waals surface area contributed by atoms with Gasteiger partial charge < -0.3 is 42.7 Å².